The summed E-state index contributed by atoms with van der Waals surface area (Å²) in [6.07, 6.45) is 4.57. The monoisotopic (exact) mass is 504 g/mol. The number of nitrogens with one attached hydrogen (secondary N) is 1. The number of carboxylic acid groups (broad SMARTS) is 1. The van der Waals surface area contributed by atoms with Crippen LogP contribution in [0.3, 0.4) is 0 Å². The lowest BCUT2D eigenvalue weighted by Crippen LogP contribution is -2.42. The van der Waals surface area contributed by atoms with E-state index >= 15 is 0 Å². The molecule has 0 saturated heterocycles. The van der Waals surface area contributed by atoms with Crippen molar-refractivity contribution in [1.82, 2.24) is 14.9 Å². The molecule has 198 valence electrons. The summed E-state index contributed by atoms with van der Waals surface area (Å²) >= 11 is 0. The molecule has 1 aromatic heterocycles. The fourth-order valence-electron chi connectivity index (χ4n) is 5.70. The van der Waals surface area contributed by atoms with Gasteiger partial charge in [0.1, 0.15) is 0 Å². The van der Waals surface area contributed by atoms with Crippen LogP contribution in [0, 0.1) is 11.3 Å². The molecule has 0 aliphatic heterocycles. The Morgan fingerprint density at radius 2 is 1.73 bits per heavy atom. The molecule has 7 nitrogen and oxygen atoms in total. The zero-order chi connectivity index (χ0) is 26.7. The van der Waals surface area contributed by atoms with Crippen LogP contribution in [0.4, 0.5) is 5.95 Å². The Labute approximate surface area is 219 Å². The van der Waals surface area contributed by atoms with E-state index in [4.69, 9.17) is 10.1 Å². The molecule has 1 heterocycles. The maximum Gasteiger partial charge on any atom is 0.305 e. The SMILES string of the molecule is CC(c1ccc(C(=O)NCCC(=O)O)cc1)N(c1nc2ccccc2n1C)C1CCC(C(C)(C)C)CC1. The summed E-state index contributed by atoms with van der Waals surface area (Å²) in [6.45, 7) is 9.39. The smallest absolute Gasteiger partial charge is 0.305 e. The normalized spacial score (nSPS) is 18.9. The highest BCUT2D eigenvalue weighted by Crippen LogP contribution is 2.42. The first-order chi connectivity index (χ1) is 17.6. The van der Waals surface area contributed by atoms with Crippen LogP contribution in [0.1, 0.15) is 81.8 Å². The average Bonchev–Trinajstić information content (AvgIpc) is 3.20. The molecule has 1 aliphatic rings. The lowest BCUT2D eigenvalue weighted by molar-refractivity contribution is -0.136. The number of carbonyl (C=O) groups excluding carboxylic acids is 1. The van der Waals surface area contributed by atoms with Crippen molar-refractivity contribution in [2.24, 2.45) is 18.4 Å². The second-order valence-electron chi connectivity index (χ2n) is 11.4. The molecule has 0 spiro atoms. The Morgan fingerprint density at radius 3 is 2.32 bits per heavy atom. The van der Waals surface area contributed by atoms with Crippen LogP contribution in [-0.2, 0) is 11.8 Å². The summed E-state index contributed by atoms with van der Waals surface area (Å²) in [5.41, 5.74) is 4.08. The van der Waals surface area contributed by atoms with E-state index in [0.29, 0.717) is 17.0 Å². The molecular formula is C30H40N4O3. The Balaban J connectivity index is 1.60. The number of fused-ring (bicyclic) bond motifs is 1. The molecule has 3 aromatic rings. The van der Waals surface area contributed by atoms with Crippen molar-refractivity contribution < 1.29 is 14.7 Å². The third kappa shape index (κ3) is 5.97. The molecule has 1 atom stereocenters. The largest absolute Gasteiger partial charge is 0.481 e. The van der Waals surface area contributed by atoms with E-state index in [1.807, 2.05) is 30.3 Å². The highest BCUT2D eigenvalue weighted by Gasteiger charge is 2.35. The number of carboxylic acids is 1. The highest BCUT2D eigenvalue weighted by atomic mass is 16.4. The number of aromatic nitrogens is 2. The van der Waals surface area contributed by atoms with Gasteiger partial charge in [-0.05, 0) is 73.8 Å². The van der Waals surface area contributed by atoms with Crippen LogP contribution < -0.4 is 10.2 Å². The summed E-state index contributed by atoms with van der Waals surface area (Å²) in [6, 6.07) is 16.4. The van der Waals surface area contributed by atoms with Gasteiger partial charge < -0.3 is 19.9 Å². The molecule has 37 heavy (non-hydrogen) atoms. The zero-order valence-electron chi connectivity index (χ0n) is 22.7. The van der Waals surface area contributed by atoms with Gasteiger partial charge in [-0.1, -0.05) is 45.0 Å². The van der Waals surface area contributed by atoms with Crippen molar-refractivity contribution in [1.29, 1.82) is 0 Å². The minimum atomic E-state index is -0.928. The Kier molecular flexibility index (Phi) is 7.90. The van der Waals surface area contributed by atoms with E-state index in [2.05, 4.69) is 67.7 Å². The molecule has 1 fully saturated rings. The van der Waals surface area contributed by atoms with Crippen molar-refractivity contribution in [3.8, 4) is 0 Å². The number of aryl methyl sites for hydroxylation is 1. The summed E-state index contributed by atoms with van der Waals surface area (Å²) in [4.78, 5) is 30.7. The molecule has 7 heteroatoms. The Morgan fingerprint density at radius 1 is 1.08 bits per heavy atom. The van der Waals surface area contributed by atoms with E-state index in [1.165, 1.54) is 12.8 Å². The van der Waals surface area contributed by atoms with Crippen molar-refractivity contribution in [3.63, 3.8) is 0 Å². The number of benzene rings is 2. The topological polar surface area (TPSA) is 87.5 Å². The van der Waals surface area contributed by atoms with Crippen molar-refractivity contribution in [3.05, 3.63) is 59.7 Å². The van der Waals surface area contributed by atoms with Gasteiger partial charge in [-0.15, -0.1) is 0 Å². The van der Waals surface area contributed by atoms with Crippen molar-refractivity contribution in [2.45, 2.75) is 71.9 Å². The fourth-order valence-corrected chi connectivity index (χ4v) is 5.70. The maximum absolute atomic E-state index is 12.4. The predicted molar refractivity (Wildman–Crippen MR) is 148 cm³/mol. The van der Waals surface area contributed by atoms with Crippen LogP contribution in [0.2, 0.25) is 0 Å². The molecule has 4 rings (SSSR count). The van der Waals surface area contributed by atoms with Crippen LogP contribution in [0.15, 0.2) is 48.5 Å². The highest BCUT2D eigenvalue weighted by molar-refractivity contribution is 5.94. The maximum atomic E-state index is 12.4. The van der Waals surface area contributed by atoms with Gasteiger partial charge in [0.25, 0.3) is 5.91 Å². The molecule has 0 bridgehead atoms. The predicted octanol–water partition coefficient (Wildman–Crippen LogP) is 5.95. The lowest BCUT2D eigenvalue weighted by Gasteiger charge is -2.44. The molecule has 2 aromatic carbocycles. The zero-order valence-corrected chi connectivity index (χ0v) is 22.7. The van der Waals surface area contributed by atoms with E-state index in [-0.39, 0.29) is 24.9 Å². The molecule has 2 N–H and O–H groups in total. The number of amides is 1. The third-order valence-electron chi connectivity index (χ3n) is 8.01. The first kappa shape index (κ1) is 26.7. The molecule has 1 unspecified atom stereocenters. The summed E-state index contributed by atoms with van der Waals surface area (Å²) in [5, 5.41) is 11.5. The first-order valence-corrected chi connectivity index (χ1v) is 13.4. The number of nitrogens with zero attached hydrogens (tertiary/aromatic N) is 3. The molecule has 1 saturated carbocycles. The summed E-state index contributed by atoms with van der Waals surface area (Å²) < 4.78 is 2.20. The third-order valence-corrected chi connectivity index (χ3v) is 8.01. The number of para-hydroxylation sites is 2. The Bertz CT molecular complexity index is 1230. The van der Waals surface area contributed by atoms with Gasteiger partial charge in [-0.3, -0.25) is 9.59 Å². The minimum Gasteiger partial charge on any atom is -0.481 e. The number of anilines is 1. The number of hydrogen-bond donors (Lipinski definition) is 2. The fraction of sp³-hybridized carbons (Fsp3) is 0.500. The average molecular weight is 505 g/mol. The molecular weight excluding hydrogens is 464 g/mol. The number of aliphatic carboxylic acids is 1. The van der Waals surface area contributed by atoms with Gasteiger partial charge in [0.2, 0.25) is 5.95 Å². The van der Waals surface area contributed by atoms with Gasteiger partial charge in [0.15, 0.2) is 0 Å². The van der Waals surface area contributed by atoms with Gasteiger partial charge in [-0.25, -0.2) is 4.98 Å². The number of hydrogen-bond acceptors (Lipinski definition) is 4. The number of imidazole rings is 1. The number of carbonyl (C=O) groups is 2. The van der Waals surface area contributed by atoms with E-state index in [0.717, 1.165) is 41.3 Å². The summed E-state index contributed by atoms with van der Waals surface area (Å²) in [5.74, 6) is 0.514. The van der Waals surface area contributed by atoms with E-state index < -0.39 is 5.97 Å². The van der Waals surface area contributed by atoms with Crippen LogP contribution in [0.5, 0.6) is 0 Å². The van der Waals surface area contributed by atoms with E-state index in [1.54, 1.807) is 0 Å². The van der Waals surface area contributed by atoms with Gasteiger partial charge in [-0.2, -0.15) is 0 Å². The lowest BCUT2D eigenvalue weighted by atomic mass is 9.71. The molecule has 0 radical (unpaired) electrons. The quantitative estimate of drug-likeness (QED) is 0.396. The second-order valence-corrected chi connectivity index (χ2v) is 11.4. The Hall–Kier alpha value is -3.35. The van der Waals surface area contributed by atoms with Crippen LogP contribution >= 0.6 is 0 Å². The standard InChI is InChI=1S/C30H40N4O3/c1-20(21-10-12-22(13-11-21)28(37)31-19-18-27(35)36)34(24-16-14-23(15-17-24)30(2,3)4)29-32-25-8-6-7-9-26(25)33(29)5/h6-13,20,23-24H,14-19H2,1-5H3,(H,31,37)(H,35,36). The molecule has 1 amide bonds. The van der Waals surface area contributed by atoms with Crippen molar-refractivity contribution >= 4 is 28.9 Å². The summed E-state index contributed by atoms with van der Waals surface area (Å²) in [7, 11) is 2.09. The van der Waals surface area contributed by atoms with Gasteiger partial charge >= 0.3 is 5.97 Å². The minimum absolute atomic E-state index is 0.0656. The van der Waals surface area contributed by atoms with Crippen LogP contribution in [-0.4, -0.2) is 39.1 Å². The van der Waals surface area contributed by atoms with E-state index in [9.17, 15) is 9.59 Å². The first-order valence-electron chi connectivity index (χ1n) is 13.4. The second kappa shape index (κ2) is 11.0. The number of rotatable bonds is 8. The molecule has 1 aliphatic carbocycles. The van der Waals surface area contributed by atoms with Crippen molar-refractivity contribution in [2.75, 3.05) is 11.4 Å². The van der Waals surface area contributed by atoms with Gasteiger partial charge in [0, 0.05) is 25.2 Å². The van der Waals surface area contributed by atoms with Gasteiger partial charge in [0.05, 0.1) is 23.5 Å². The van der Waals surface area contributed by atoms with Crippen LogP contribution in [0.25, 0.3) is 11.0 Å².